The van der Waals surface area contributed by atoms with Crippen molar-refractivity contribution in [2.75, 3.05) is 7.11 Å². The van der Waals surface area contributed by atoms with Gasteiger partial charge in [-0.2, -0.15) is 0 Å². The average Bonchev–Trinajstić information content (AvgIpc) is 3.51. The number of hydrogen-bond donors (Lipinski definition) is 1. The molecule has 0 aromatic heterocycles. The smallest absolute Gasteiger partial charge is 0.295 e. The molecule has 1 amide bonds. The second kappa shape index (κ2) is 11.4. The summed E-state index contributed by atoms with van der Waals surface area (Å²) in [6.45, 7) is 2.52. The maximum absolute atomic E-state index is 13.6. The highest BCUT2D eigenvalue weighted by Gasteiger charge is 2.46. The van der Waals surface area contributed by atoms with E-state index < -0.39 is 17.7 Å². The van der Waals surface area contributed by atoms with Gasteiger partial charge in [-0.15, -0.1) is 0 Å². The third-order valence-corrected chi connectivity index (χ3v) is 7.65. The molecule has 4 aromatic rings. The van der Waals surface area contributed by atoms with E-state index in [0.717, 1.165) is 22.4 Å². The van der Waals surface area contributed by atoms with E-state index in [2.05, 4.69) is 0 Å². The van der Waals surface area contributed by atoms with Crippen LogP contribution in [0.25, 0.3) is 5.76 Å². The van der Waals surface area contributed by atoms with Gasteiger partial charge in [0.15, 0.2) is 11.5 Å². The van der Waals surface area contributed by atoms with E-state index in [1.165, 1.54) is 4.90 Å². The number of fused-ring (bicyclic) bond motifs is 1. The Labute approximate surface area is 244 Å². The molecule has 6 rings (SSSR count). The zero-order chi connectivity index (χ0) is 29.2. The fraction of sp³-hybridized carbons (Fsp3) is 0.200. The molecule has 7 heteroatoms. The van der Waals surface area contributed by atoms with Crippen LogP contribution in [0.5, 0.6) is 17.2 Å². The number of aliphatic hydroxyl groups is 1. The van der Waals surface area contributed by atoms with Gasteiger partial charge in [0, 0.05) is 18.5 Å². The molecule has 0 unspecified atom stereocenters. The van der Waals surface area contributed by atoms with Crippen LogP contribution in [-0.2, 0) is 29.2 Å². The van der Waals surface area contributed by atoms with Crippen LogP contribution in [0.1, 0.15) is 40.8 Å². The second-order valence-electron chi connectivity index (χ2n) is 10.6. The van der Waals surface area contributed by atoms with E-state index in [1.807, 2.05) is 79.7 Å². The maximum Gasteiger partial charge on any atom is 0.295 e. The number of Topliss-reactive ketones (excluding diaryl/α,β-unsaturated/α-hetero) is 1. The summed E-state index contributed by atoms with van der Waals surface area (Å²) in [6.07, 6.45) is 0.730. The van der Waals surface area contributed by atoms with Crippen molar-refractivity contribution in [2.24, 2.45) is 0 Å². The first-order valence-corrected chi connectivity index (χ1v) is 13.9. The molecule has 1 saturated heterocycles. The minimum atomic E-state index is -0.842. The highest BCUT2D eigenvalue weighted by atomic mass is 16.5. The first kappa shape index (κ1) is 27.1. The molecular formula is C35H31NO6. The van der Waals surface area contributed by atoms with Crippen molar-refractivity contribution in [2.45, 2.75) is 38.6 Å². The van der Waals surface area contributed by atoms with Crippen molar-refractivity contribution >= 4 is 17.4 Å². The third kappa shape index (κ3) is 5.21. The lowest BCUT2D eigenvalue weighted by molar-refractivity contribution is -0.140. The van der Waals surface area contributed by atoms with Crippen LogP contribution in [-0.4, -0.2) is 34.9 Å². The molecule has 2 atom stereocenters. The lowest BCUT2D eigenvalue weighted by atomic mass is 9.94. The lowest BCUT2D eigenvalue weighted by Gasteiger charge is -2.26. The van der Waals surface area contributed by atoms with Crippen molar-refractivity contribution < 1.29 is 28.9 Å². The van der Waals surface area contributed by atoms with Gasteiger partial charge in [-0.05, 0) is 59.5 Å². The normalized spacial score (nSPS) is 19.0. The first-order valence-electron chi connectivity index (χ1n) is 13.9. The standard InChI is InChI=1S/C35H31NO6/c1-22-17-27-18-26(14-15-28(27)42-22)33(37)31-32(36(35(39)34(31)38)20-23-9-5-3-6-10-23)25-13-16-29(30(19-25)40-2)41-21-24-11-7-4-8-12-24/h3-16,18-19,22,32,37H,17,20-21H2,1-2H3/b33-31+/t22-,32+/m0/s1. The molecule has 42 heavy (non-hydrogen) atoms. The number of aliphatic hydroxyl groups excluding tert-OH is 1. The molecule has 1 fully saturated rings. The minimum Gasteiger partial charge on any atom is -0.507 e. The predicted octanol–water partition coefficient (Wildman–Crippen LogP) is 6.22. The van der Waals surface area contributed by atoms with Crippen molar-refractivity contribution in [1.82, 2.24) is 4.90 Å². The van der Waals surface area contributed by atoms with Gasteiger partial charge in [-0.3, -0.25) is 9.59 Å². The monoisotopic (exact) mass is 561 g/mol. The third-order valence-electron chi connectivity index (χ3n) is 7.65. The number of ketones is 1. The number of nitrogens with zero attached hydrogens (tertiary/aromatic N) is 1. The number of benzene rings is 4. The van der Waals surface area contributed by atoms with Gasteiger partial charge in [0.2, 0.25) is 0 Å². The van der Waals surface area contributed by atoms with Crippen LogP contribution in [0.3, 0.4) is 0 Å². The number of amides is 1. The summed E-state index contributed by atoms with van der Waals surface area (Å²) >= 11 is 0. The molecule has 0 aliphatic carbocycles. The van der Waals surface area contributed by atoms with Gasteiger partial charge < -0.3 is 24.2 Å². The van der Waals surface area contributed by atoms with E-state index in [1.54, 1.807) is 31.4 Å². The largest absolute Gasteiger partial charge is 0.507 e. The van der Waals surface area contributed by atoms with Gasteiger partial charge in [0.05, 0.1) is 18.7 Å². The van der Waals surface area contributed by atoms with E-state index in [0.29, 0.717) is 35.7 Å². The van der Waals surface area contributed by atoms with E-state index in [-0.39, 0.29) is 24.0 Å². The summed E-state index contributed by atoms with van der Waals surface area (Å²) in [5.41, 5.74) is 3.93. The van der Waals surface area contributed by atoms with Gasteiger partial charge in [-0.1, -0.05) is 66.7 Å². The van der Waals surface area contributed by atoms with Crippen LogP contribution in [0.2, 0.25) is 0 Å². The Balaban J connectivity index is 1.41. The van der Waals surface area contributed by atoms with E-state index >= 15 is 0 Å². The summed E-state index contributed by atoms with van der Waals surface area (Å²) in [6, 6.07) is 29.1. The topological polar surface area (TPSA) is 85.3 Å². The van der Waals surface area contributed by atoms with Crippen LogP contribution < -0.4 is 14.2 Å². The van der Waals surface area contributed by atoms with Gasteiger partial charge in [0.1, 0.15) is 24.2 Å². The Morgan fingerprint density at radius 2 is 1.62 bits per heavy atom. The second-order valence-corrected chi connectivity index (χ2v) is 10.6. The fourth-order valence-electron chi connectivity index (χ4n) is 5.60. The number of methoxy groups -OCH3 is 1. The Kier molecular flexibility index (Phi) is 7.40. The quantitative estimate of drug-likeness (QED) is 0.156. The number of hydrogen-bond acceptors (Lipinski definition) is 6. The Bertz CT molecular complexity index is 1660. The number of rotatable bonds is 8. The number of likely N-dealkylation sites (tertiary alicyclic amines) is 1. The molecule has 7 nitrogen and oxygen atoms in total. The summed E-state index contributed by atoms with van der Waals surface area (Å²) < 4.78 is 17.5. The lowest BCUT2D eigenvalue weighted by Crippen LogP contribution is -2.29. The zero-order valence-corrected chi connectivity index (χ0v) is 23.4. The van der Waals surface area contributed by atoms with Crippen LogP contribution >= 0.6 is 0 Å². The molecular weight excluding hydrogens is 530 g/mol. The molecule has 1 N–H and O–H groups in total. The van der Waals surface area contributed by atoms with Crippen LogP contribution in [0.4, 0.5) is 0 Å². The summed E-state index contributed by atoms with van der Waals surface area (Å²) in [5, 5.41) is 11.6. The zero-order valence-electron chi connectivity index (χ0n) is 23.4. The average molecular weight is 562 g/mol. The van der Waals surface area contributed by atoms with Gasteiger partial charge in [-0.25, -0.2) is 0 Å². The van der Waals surface area contributed by atoms with Crippen molar-refractivity contribution in [3.05, 3.63) is 130 Å². The summed E-state index contributed by atoms with van der Waals surface area (Å²) in [7, 11) is 1.54. The highest BCUT2D eigenvalue weighted by molar-refractivity contribution is 6.46. The van der Waals surface area contributed by atoms with Crippen molar-refractivity contribution in [3.8, 4) is 17.2 Å². The molecule has 0 saturated carbocycles. The molecule has 212 valence electrons. The Hall–Kier alpha value is -5.04. The summed E-state index contributed by atoms with van der Waals surface area (Å²) in [4.78, 5) is 28.6. The van der Waals surface area contributed by atoms with Gasteiger partial charge >= 0.3 is 0 Å². The number of carbonyl (C=O) groups excluding carboxylic acids is 2. The minimum absolute atomic E-state index is 0.0304. The predicted molar refractivity (Wildman–Crippen MR) is 158 cm³/mol. The van der Waals surface area contributed by atoms with Crippen LogP contribution in [0, 0.1) is 0 Å². The Morgan fingerprint density at radius 1 is 0.905 bits per heavy atom. The van der Waals surface area contributed by atoms with Crippen molar-refractivity contribution in [1.29, 1.82) is 0 Å². The molecule has 2 aliphatic heterocycles. The van der Waals surface area contributed by atoms with Crippen molar-refractivity contribution in [3.63, 3.8) is 0 Å². The molecule has 0 spiro atoms. The van der Waals surface area contributed by atoms with E-state index in [9.17, 15) is 14.7 Å². The number of carbonyl (C=O) groups is 2. The maximum atomic E-state index is 13.6. The van der Waals surface area contributed by atoms with Crippen LogP contribution in [0.15, 0.2) is 103 Å². The molecule has 4 aromatic carbocycles. The fourth-order valence-corrected chi connectivity index (χ4v) is 5.60. The first-order chi connectivity index (χ1) is 20.4. The molecule has 0 bridgehead atoms. The highest BCUT2D eigenvalue weighted by Crippen LogP contribution is 2.43. The summed E-state index contributed by atoms with van der Waals surface area (Å²) in [5.74, 6) is 0.111. The van der Waals surface area contributed by atoms with Gasteiger partial charge in [0.25, 0.3) is 11.7 Å². The molecule has 2 heterocycles. The van der Waals surface area contributed by atoms with E-state index in [4.69, 9.17) is 14.2 Å². The number of ether oxygens (including phenoxy) is 3. The SMILES string of the molecule is COc1cc([C@@H]2/C(=C(\O)c3ccc4c(c3)C[C@H](C)O4)C(=O)C(=O)N2Cc2ccccc2)ccc1OCc1ccccc1. The molecule has 0 radical (unpaired) electrons. The molecule has 2 aliphatic rings. The Morgan fingerprint density at radius 3 is 2.33 bits per heavy atom.